The molecule has 0 amide bonds. The van der Waals surface area contributed by atoms with Crippen molar-refractivity contribution in [3.8, 4) is 11.8 Å². The average Bonchev–Trinajstić information content (AvgIpc) is 3.01. The maximum Gasteiger partial charge on any atom is 0.339 e. The van der Waals surface area contributed by atoms with E-state index in [1.165, 1.54) is 62.8 Å². The van der Waals surface area contributed by atoms with Gasteiger partial charge in [-0.15, -0.1) is 4.83 Å². The first-order chi connectivity index (χ1) is 20.1. The molecule has 1 unspecified atom stereocenters. The highest BCUT2D eigenvalue weighted by molar-refractivity contribution is 7.90. The zero-order chi connectivity index (χ0) is 30.9. The summed E-state index contributed by atoms with van der Waals surface area (Å²) in [5, 5.41) is 0. The second-order valence-corrected chi connectivity index (χ2v) is 10.9. The number of hydrogen-bond acceptors (Lipinski definition) is 12. The third-order valence-corrected chi connectivity index (χ3v) is 8.01. The Bertz CT molecular complexity index is 1590. The molecule has 42 heavy (non-hydrogen) atoms. The van der Waals surface area contributed by atoms with Crippen LogP contribution in [0.25, 0.3) is 0 Å². The summed E-state index contributed by atoms with van der Waals surface area (Å²) in [4.78, 5) is 38.5. The minimum absolute atomic E-state index is 0.0391. The van der Waals surface area contributed by atoms with Crippen molar-refractivity contribution >= 4 is 44.9 Å². The standard InChI is InChI=1S/C25H28N6O9S2/c1-5-14-40-23(33)17-11-7-9-13-19(17)42(35,36)30-31(41(34)18-12-8-6-10-16(18)22(32)39-4)24(26)29-25-27-20(37-2)15-21(28-25)38-3/h6-13,15,30H,5,14H2,1-4H3,(H2,26,27,28,29). The number of methoxy groups -OCH3 is 3. The lowest BCUT2D eigenvalue weighted by atomic mass is 10.2. The van der Waals surface area contributed by atoms with Crippen LogP contribution < -0.4 is 20.0 Å². The molecule has 3 N–H and O–H groups in total. The fourth-order valence-electron chi connectivity index (χ4n) is 3.26. The maximum absolute atomic E-state index is 13.9. The number of esters is 2. The summed E-state index contributed by atoms with van der Waals surface area (Å²) >= 11 is 0. The lowest BCUT2D eigenvalue weighted by molar-refractivity contribution is 0.0499. The summed E-state index contributed by atoms with van der Waals surface area (Å²) in [6, 6.07) is 12.2. The number of benzene rings is 2. The van der Waals surface area contributed by atoms with Gasteiger partial charge in [0.05, 0.1) is 54.9 Å². The highest BCUT2D eigenvalue weighted by Gasteiger charge is 2.31. The Morgan fingerprint density at radius 1 is 0.976 bits per heavy atom. The number of guanidine groups is 1. The lowest BCUT2D eigenvalue weighted by Gasteiger charge is -2.23. The van der Waals surface area contributed by atoms with Gasteiger partial charge in [0, 0.05) is 0 Å². The highest BCUT2D eigenvalue weighted by atomic mass is 32.2. The molecular formula is C25H28N6O9S2. The fourth-order valence-corrected chi connectivity index (χ4v) is 5.88. The van der Waals surface area contributed by atoms with Crippen molar-refractivity contribution in [2.24, 2.45) is 10.7 Å². The van der Waals surface area contributed by atoms with Crippen molar-refractivity contribution in [1.82, 2.24) is 19.2 Å². The molecular weight excluding hydrogens is 592 g/mol. The number of rotatable bonds is 12. The molecule has 224 valence electrons. The predicted octanol–water partition coefficient (Wildman–Crippen LogP) is 1.71. The van der Waals surface area contributed by atoms with Crippen molar-refractivity contribution < 1.29 is 41.2 Å². The predicted molar refractivity (Wildman–Crippen MR) is 150 cm³/mol. The first-order valence-corrected chi connectivity index (χ1v) is 14.6. The number of sulfonamides is 1. The Morgan fingerprint density at radius 3 is 2.17 bits per heavy atom. The molecule has 0 fully saturated rings. The van der Waals surface area contributed by atoms with Crippen molar-refractivity contribution in [2.75, 3.05) is 27.9 Å². The number of carbonyl (C=O) groups is 2. The minimum Gasteiger partial charge on any atom is -0.481 e. The molecule has 15 nitrogen and oxygen atoms in total. The molecule has 1 atom stereocenters. The molecule has 17 heteroatoms. The molecule has 0 aliphatic rings. The summed E-state index contributed by atoms with van der Waals surface area (Å²) in [5.74, 6) is -2.70. The van der Waals surface area contributed by atoms with Crippen LogP contribution in [0.1, 0.15) is 34.1 Å². The van der Waals surface area contributed by atoms with Crippen LogP contribution in [0, 0.1) is 0 Å². The summed E-state index contributed by atoms with van der Waals surface area (Å²) in [7, 11) is -3.47. The van der Waals surface area contributed by atoms with Crippen molar-refractivity contribution in [2.45, 2.75) is 23.1 Å². The number of nitrogens with one attached hydrogen (secondary N) is 1. The number of hydrazine groups is 1. The zero-order valence-corrected chi connectivity index (χ0v) is 24.6. The number of ether oxygens (including phenoxy) is 4. The second-order valence-electron chi connectivity index (χ2n) is 7.98. The molecule has 0 saturated heterocycles. The number of carbonyl (C=O) groups excluding carboxylic acids is 2. The van der Waals surface area contributed by atoms with Crippen LogP contribution in [-0.2, 0) is 30.5 Å². The largest absolute Gasteiger partial charge is 0.481 e. The third kappa shape index (κ3) is 7.56. The van der Waals surface area contributed by atoms with Gasteiger partial charge in [-0.3, -0.25) is 0 Å². The van der Waals surface area contributed by atoms with Crippen molar-refractivity contribution in [1.29, 1.82) is 0 Å². The van der Waals surface area contributed by atoms with Gasteiger partial charge in [-0.1, -0.05) is 31.2 Å². The molecule has 0 saturated carbocycles. The normalized spacial score (nSPS) is 12.2. The molecule has 0 spiro atoms. The van der Waals surface area contributed by atoms with E-state index >= 15 is 0 Å². The Morgan fingerprint density at radius 2 is 1.57 bits per heavy atom. The SMILES string of the molecule is CCCOC(=O)c1ccccc1S(=O)(=O)NN(C(N)=Nc1nc(OC)cc(OC)n1)S(=O)c1ccccc1C(=O)OC. The van der Waals surface area contributed by atoms with Crippen LogP contribution in [0.3, 0.4) is 0 Å². The summed E-state index contributed by atoms with van der Waals surface area (Å²) in [6.07, 6.45) is 0.509. The van der Waals surface area contributed by atoms with Crippen LogP contribution >= 0.6 is 0 Å². The quantitative estimate of drug-likeness (QED) is 0.129. The topological polar surface area (TPSA) is 202 Å². The zero-order valence-electron chi connectivity index (χ0n) is 23.0. The van der Waals surface area contributed by atoms with Gasteiger partial charge in [-0.2, -0.15) is 19.4 Å². The number of nitrogens with zero attached hydrogens (tertiary/aromatic N) is 4. The average molecular weight is 621 g/mol. The molecule has 0 aliphatic heterocycles. The van der Waals surface area contributed by atoms with E-state index in [0.29, 0.717) is 10.8 Å². The minimum atomic E-state index is -4.70. The number of aromatic nitrogens is 2. The third-order valence-electron chi connectivity index (χ3n) is 5.19. The van der Waals surface area contributed by atoms with E-state index in [1.807, 2.05) is 0 Å². The second kappa shape index (κ2) is 14.3. The van der Waals surface area contributed by atoms with Crippen LogP contribution in [0.5, 0.6) is 11.8 Å². The van der Waals surface area contributed by atoms with Crippen molar-refractivity contribution in [3.05, 3.63) is 65.7 Å². The molecule has 3 rings (SSSR count). The Balaban J connectivity index is 2.16. The van der Waals surface area contributed by atoms with Gasteiger partial charge >= 0.3 is 11.9 Å². The fraction of sp³-hybridized carbons (Fsp3) is 0.240. The van der Waals surface area contributed by atoms with E-state index in [1.54, 1.807) is 6.92 Å². The number of nitrogens with two attached hydrogens (primary N) is 1. The van der Waals surface area contributed by atoms with Gasteiger partial charge < -0.3 is 24.7 Å². The van der Waals surface area contributed by atoms with E-state index in [9.17, 15) is 22.2 Å². The van der Waals surface area contributed by atoms with E-state index < -0.39 is 43.8 Å². The first kappa shape index (κ1) is 31.9. The molecule has 0 radical (unpaired) electrons. The van der Waals surface area contributed by atoms with E-state index in [-0.39, 0.29) is 40.3 Å². The summed E-state index contributed by atoms with van der Waals surface area (Å²) < 4.78 is 61.7. The smallest absolute Gasteiger partial charge is 0.339 e. The monoisotopic (exact) mass is 620 g/mol. The summed E-state index contributed by atoms with van der Waals surface area (Å²) in [6.45, 7) is 1.84. The molecule has 0 bridgehead atoms. The Kier molecular flexibility index (Phi) is 10.9. The van der Waals surface area contributed by atoms with Crippen molar-refractivity contribution in [3.63, 3.8) is 0 Å². The highest BCUT2D eigenvalue weighted by Crippen LogP contribution is 2.23. The number of hydrogen-bond donors (Lipinski definition) is 2. The van der Waals surface area contributed by atoms with Gasteiger partial charge in [-0.25, -0.2) is 22.2 Å². The van der Waals surface area contributed by atoms with Gasteiger partial charge in [0.15, 0.2) is 11.0 Å². The van der Waals surface area contributed by atoms with E-state index in [0.717, 1.165) is 13.2 Å². The van der Waals surface area contributed by atoms with E-state index in [4.69, 9.17) is 24.7 Å². The lowest BCUT2D eigenvalue weighted by Crippen LogP contribution is -2.50. The summed E-state index contributed by atoms with van der Waals surface area (Å²) in [5.41, 5.74) is 5.74. The van der Waals surface area contributed by atoms with Gasteiger partial charge in [-0.05, 0) is 30.7 Å². The molecule has 0 aliphatic carbocycles. The Labute approximate surface area is 244 Å². The van der Waals surface area contributed by atoms with E-state index in [2.05, 4.69) is 19.8 Å². The van der Waals surface area contributed by atoms with Gasteiger partial charge in [0.2, 0.25) is 17.7 Å². The number of aliphatic imine (C=N–C) groups is 1. The van der Waals surface area contributed by atoms with Gasteiger partial charge in [0.25, 0.3) is 16.0 Å². The Hall–Kier alpha value is -4.61. The van der Waals surface area contributed by atoms with Crippen LogP contribution in [-0.4, -0.2) is 72.8 Å². The maximum atomic E-state index is 13.9. The molecule has 2 aromatic carbocycles. The van der Waals surface area contributed by atoms with Gasteiger partial charge in [0.1, 0.15) is 0 Å². The molecule has 1 aromatic heterocycles. The first-order valence-electron chi connectivity index (χ1n) is 12.0. The molecule has 3 aromatic rings. The van der Waals surface area contributed by atoms with Crippen LogP contribution in [0.2, 0.25) is 0 Å². The van der Waals surface area contributed by atoms with Crippen LogP contribution in [0.15, 0.2) is 69.4 Å². The molecule has 1 heterocycles. The van der Waals surface area contributed by atoms with Crippen LogP contribution in [0.4, 0.5) is 5.95 Å².